The van der Waals surface area contributed by atoms with Crippen molar-refractivity contribution in [1.29, 1.82) is 0 Å². The summed E-state index contributed by atoms with van der Waals surface area (Å²) in [6, 6.07) is 0. The normalized spacial score (nSPS) is 20.6. The van der Waals surface area contributed by atoms with Gasteiger partial charge in [0.1, 0.15) is 12.4 Å². The zero-order chi connectivity index (χ0) is 16.0. The Hall–Kier alpha value is -2.04. The second-order valence-electron chi connectivity index (χ2n) is 4.10. The number of alkyl halides is 2. The molecule has 1 atom stereocenters. The molecule has 21 heavy (non-hydrogen) atoms. The predicted molar refractivity (Wildman–Crippen MR) is 65.0 cm³/mol. The maximum atomic E-state index is 11.7. The summed E-state index contributed by atoms with van der Waals surface area (Å²) in [7, 11) is 4.48. The van der Waals surface area contributed by atoms with Crippen LogP contribution in [-0.4, -0.2) is 46.4 Å². The van der Waals surface area contributed by atoms with E-state index in [-0.39, 0.29) is 6.67 Å². The number of imidazole rings is 1. The zero-order valence-electron chi connectivity index (χ0n) is 11.9. The zero-order valence-corrected chi connectivity index (χ0v) is 11.9. The van der Waals surface area contributed by atoms with E-state index in [0.717, 1.165) is 4.57 Å². The van der Waals surface area contributed by atoms with Crippen LogP contribution < -0.4 is 4.57 Å². The van der Waals surface area contributed by atoms with E-state index in [0.29, 0.717) is 0 Å². The molecule has 2 heterocycles. The fourth-order valence-electron chi connectivity index (χ4n) is 1.51. The number of carbonyl (C=O) groups is 1. The van der Waals surface area contributed by atoms with E-state index < -0.39 is 17.3 Å². The first-order valence-corrected chi connectivity index (χ1v) is 5.82. The molecule has 0 bridgehead atoms. The number of rotatable bonds is 3. The molecule has 1 aliphatic heterocycles. The Labute approximate surface area is 120 Å². The number of hydrogen-bond acceptors (Lipinski definition) is 4. The van der Waals surface area contributed by atoms with Crippen molar-refractivity contribution in [3.05, 3.63) is 31.1 Å². The lowest BCUT2D eigenvalue weighted by molar-refractivity contribution is -1.00. The van der Waals surface area contributed by atoms with Gasteiger partial charge in [-0.2, -0.15) is 23.0 Å². The van der Waals surface area contributed by atoms with Gasteiger partial charge >= 0.3 is 12.6 Å². The number of hydrogen-bond donors (Lipinski definition) is 1. The van der Waals surface area contributed by atoms with Gasteiger partial charge in [-0.15, -0.1) is 0 Å². The topological polar surface area (TPSA) is 67.8 Å². The molecular formula is C11H18F2N4O4+2. The highest BCUT2D eigenvalue weighted by Crippen LogP contribution is 2.18. The molecule has 10 heteroatoms. The van der Waals surface area contributed by atoms with Gasteiger partial charge in [-0.05, 0) is 4.65 Å². The molecule has 0 spiro atoms. The van der Waals surface area contributed by atoms with E-state index >= 15 is 0 Å². The highest BCUT2D eigenvalue weighted by Gasteiger charge is 2.42. The first kappa shape index (κ1) is 17.0. The summed E-state index contributed by atoms with van der Waals surface area (Å²) in [6.07, 6.45) is 6.04. The highest BCUT2D eigenvalue weighted by atomic mass is 19.3. The van der Waals surface area contributed by atoms with Gasteiger partial charge in [0, 0.05) is 0 Å². The molecule has 1 unspecified atom stereocenters. The number of quaternary nitrogens is 1. The Kier molecular flexibility index (Phi) is 5.76. The molecule has 1 amide bonds. The van der Waals surface area contributed by atoms with Crippen LogP contribution >= 0.6 is 0 Å². The van der Waals surface area contributed by atoms with Gasteiger partial charge in [-0.3, -0.25) is 4.84 Å². The van der Waals surface area contributed by atoms with Gasteiger partial charge in [-0.25, -0.2) is 9.63 Å². The van der Waals surface area contributed by atoms with Crippen LogP contribution in [0.3, 0.4) is 0 Å². The molecule has 0 aromatic carbocycles. The number of nitrogens with zero attached hydrogens (tertiary/aromatic N) is 4. The van der Waals surface area contributed by atoms with Crippen molar-refractivity contribution in [2.75, 3.05) is 20.9 Å². The molecule has 8 nitrogen and oxygen atoms in total. The number of amides is 1. The molecule has 0 saturated carbocycles. The minimum absolute atomic E-state index is 0.113. The Bertz CT molecular complexity index is 508. The molecule has 0 aliphatic carbocycles. The van der Waals surface area contributed by atoms with Crippen molar-refractivity contribution >= 4 is 6.09 Å². The van der Waals surface area contributed by atoms with Crippen LogP contribution in [0.1, 0.15) is 6.55 Å². The number of hydroxylamine groups is 5. The summed E-state index contributed by atoms with van der Waals surface area (Å²) in [5.74, 6) is 0. The van der Waals surface area contributed by atoms with E-state index in [4.69, 9.17) is 14.8 Å². The molecule has 1 N–H and O–H groups in total. The lowest BCUT2D eigenvalue weighted by Gasteiger charge is -2.21. The van der Waals surface area contributed by atoms with Crippen molar-refractivity contribution in [3.63, 3.8) is 0 Å². The van der Waals surface area contributed by atoms with Crippen molar-refractivity contribution < 1.29 is 37.6 Å². The SMILES string of the molecule is CON1C=C[N+](OC)(C(=O)O)C1.Cn1cc[n+](C(F)F)c1. The number of halogens is 2. The molecule has 1 aromatic heterocycles. The van der Waals surface area contributed by atoms with E-state index in [9.17, 15) is 13.6 Å². The van der Waals surface area contributed by atoms with Crippen LogP contribution in [0, 0.1) is 0 Å². The minimum atomic E-state index is -2.42. The first-order valence-electron chi connectivity index (χ1n) is 5.82. The fraction of sp³-hybridized carbons (Fsp3) is 0.455. The minimum Gasteiger partial charge on any atom is -0.433 e. The standard InChI is InChI=1S/C6H10N2O4.C5H7F2N2/c1-11-7-3-4-8(5-7,12-2)6(9)10;1-8-2-3-9(4-8)5(6)7/h3-4H,5H2,1-2H3;2-5H,1H3/q;+1/p+1. The monoisotopic (exact) mass is 308 g/mol. The molecule has 1 aromatic rings. The maximum Gasteiger partial charge on any atom is 0.553 e. The third-order valence-corrected chi connectivity index (χ3v) is 2.72. The molecule has 118 valence electrons. The average Bonchev–Trinajstić information content (AvgIpc) is 3.06. The molecule has 0 saturated heterocycles. The van der Waals surface area contributed by atoms with E-state index in [1.165, 1.54) is 44.2 Å². The summed E-state index contributed by atoms with van der Waals surface area (Å²) >= 11 is 0. The second-order valence-corrected chi connectivity index (χ2v) is 4.10. The van der Waals surface area contributed by atoms with Gasteiger partial charge in [-0.1, -0.05) is 0 Å². The largest absolute Gasteiger partial charge is 0.553 e. The van der Waals surface area contributed by atoms with Gasteiger partial charge in [0.25, 0.3) is 0 Å². The van der Waals surface area contributed by atoms with Crippen LogP contribution in [0.4, 0.5) is 13.6 Å². The molecule has 1 aliphatic rings. The number of carboxylic acid groups (broad SMARTS) is 1. The molecule has 0 fully saturated rings. The van der Waals surface area contributed by atoms with Crippen molar-refractivity contribution in [3.8, 4) is 0 Å². The van der Waals surface area contributed by atoms with Gasteiger partial charge in [0.2, 0.25) is 13.0 Å². The summed E-state index contributed by atoms with van der Waals surface area (Å²) < 4.78 is 25.3. The molecule has 2 rings (SSSR count). The predicted octanol–water partition coefficient (Wildman–Crippen LogP) is 1.06. The lowest BCUT2D eigenvalue weighted by atomic mass is 10.8. The first-order chi connectivity index (χ1) is 9.84. The number of aryl methyl sites for hydroxylation is 1. The quantitative estimate of drug-likeness (QED) is 0.668. The Morgan fingerprint density at radius 2 is 2.14 bits per heavy atom. The van der Waals surface area contributed by atoms with Crippen molar-refractivity contribution in [2.45, 2.75) is 6.55 Å². The summed E-state index contributed by atoms with van der Waals surface area (Å²) in [5.41, 5.74) is 0. The Morgan fingerprint density at radius 3 is 2.38 bits per heavy atom. The fourth-order valence-corrected chi connectivity index (χ4v) is 1.51. The smallest absolute Gasteiger partial charge is 0.433 e. The van der Waals surface area contributed by atoms with E-state index in [2.05, 4.69) is 0 Å². The van der Waals surface area contributed by atoms with Crippen LogP contribution in [0.15, 0.2) is 31.1 Å². The van der Waals surface area contributed by atoms with E-state index in [1.807, 2.05) is 0 Å². The molecular weight excluding hydrogens is 290 g/mol. The Balaban J connectivity index is 0.000000219. The lowest BCUT2D eigenvalue weighted by Crippen LogP contribution is -2.47. The summed E-state index contributed by atoms with van der Waals surface area (Å²) in [5, 5.41) is 10.2. The van der Waals surface area contributed by atoms with Crippen LogP contribution in [0.25, 0.3) is 0 Å². The maximum absolute atomic E-state index is 11.7. The van der Waals surface area contributed by atoms with Crippen LogP contribution in [-0.2, 0) is 16.7 Å². The van der Waals surface area contributed by atoms with Gasteiger partial charge in [0.15, 0.2) is 6.20 Å². The van der Waals surface area contributed by atoms with Gasteiger partial charge < -0.3 is 5.11 Å². The highest BCUT2D eigenvalue weighted by molar-refractivity contribution is 5.56. The summed E-state index contributed by atoms with van der Waals surface area (Å²) in [4.78, 5) is 20.4. The second kappa shape index (κ2) is 7.11. The average molecular weight is 308 g/mol. The molecule has 0 radical (unpaired) electrons. The van der Waals surface area contributed by atoms with Crippen molar-refractivity contribution in [2.24, 2.45) is 7.05 Å². The summed E-state index contributed by atoms with van der Waals surface area (Å²) in [6.45, 7) is -2.31. The van der Waals surface area contributed by atoms with Gasteiger partial charge in [0.05, 0.1) is 27.5 Å². The third kappa shape index (κ3) is 4.21. The van der Waals surface area contributed by atoms with Crippen LogP contribution in [0.2, 0.25) is 0 Å². The van der Waals surface area contributed by atoms with E-state index in [1.54, 1.807) is 17.8 Å². The Morgan fingerprint density at radius 1 is 1.48 bits per heavy atom. The van der Waals surface area contributed by atoms with Crippen molar-refractivity contribution in [1.82, 2.24) is 9.63 Å². The van der Waals surface area contributed by atoms with Crippen LogP contribution in [0.5, 0.6) is 0 Å². The number of aromatic nitrogens is 2. The third-order valence-electron chi connectivity index (χ3n) is 2.72.